The van der Waals surface area contributed by atoms with Gasteiger partial charge in [-0.05, 0) is 30.3 Å². The molecule has 0 saturated carbocycles. The van der Waals surface area contributed by atoms with Gasteiger partial charge in [0.2, 0.25) is 5.82 Å². The molecule has 1 aromatic carbocycles. The number of tetrazole rings is 1. The van der Waals surface area contributed by atoms with Gasteiger partial charge in [-0.15, -0.1) is 10.2 Å². The number of aromatic nitrogens is 4. The van der Waals surface area contributed by atoms with Crippen LogP contribution in [0.25, 0.3) is 22.9 Å². The second-order valence-electron chi connectivity index (χ2n) is 4.57. The van der Waals surface area contributed by atoms with E-state index in [1.54, 1.807) is 6.07 Å². The van der Waals surface area contributed by atoms with Gasteiger partial charge in [0, 0.05) is 5.56 Å². The molecule has 0 aliphatic carbocycles. The van der Waals surface area contributed by atoms with Gasteiger partial charge in [-0.3, -0.25) is 4.79 Å². The Morgan fingerprint density at radius 1 is 1.29 bits per heavy atom. The lowest BCUT2D eigenvalue weighted by molar-refractivity contribution is -0.138. The van der Waals surface area contributed by atoms with Gasteiger partial charge >= 0.3 is 5.97 Å². The fourth-order valence-electron chi connectivity index (χ4n) is 1.94. The maximum atomic E-state index is 10.6. The SMILES string of the molecule is Cc1cccc(-c2ccc(-c3nnn(CC(=O)O)n3)o2)c1. The summed E-state index contributed by atoms with van der Waals surface area (Å²) in [6.45, 7) is 1.67. The van der Waals surface area contributed by atoms with Gasteiger partial charge in [0.25, 0.3) is 0 Å². The van der Waals surface area contributed by atoms with Crippen molar-refractivity contribution in [1.29, 1.82) is 0 Å². The molecule has 106 valence electrons. The first kappa shape index (κ1) is 13.0. The van der Waals surface area contributed by atoms with Crippen molar-refractivity contribution >= 4 is 5.97 Å². The largest absolute Gasteiger partial charge is 0.480 e. The van der Waals surface area contributed by atoms with Gasteiger partial charge < -0.3 is 9.52 Å². The Morgan fingerprint density at radius 3 is 2.86 bits per heavy atom. The lowest BCUT2D eigenvalue weighted by Crippen LogP contribution is -2.11. The summed E-state index contributed by atoms with van der Waals surface area (Å²) in [4.78, 5) is 11.6. The number of nitrogens with zero attached hydrogens (tertiary/aromatic N) is 4. The fourth-order valence-corrected chi connectivity index (χ4v) is 1.94. The normalized spacial score (nSPS) is 10.7. The molecule has 7 nitrogen and oxygen atoms in total. The number of carboxylic acid groups (broad SMARTS) is 1. The van der Waals surface area contributed by atoms with Crippen LogP contribution in [-0.4, -0.2) is 31.3 Å². The molecule has 0 radical (unpaired) electrons. The number of aliphatic carboxylic acids is 1. The van der Waals surface area contributed by atoms with Gasteiger partial charge in [0.1, 0.15) is 5.76 Å². The third kappa shape index (κ3) is 2.81. The fraction of sp³-hybridized carbons (Fsp3) is 0.143. The molecule has 2 aromatic heterocycles. The average Bonchev–Trinajstić information content (AvgIpc) is 3.06. The van der Waals surface area contributed by atoms with Crippen molar-refractivity contribution in [2.24, 2.45) is 0 Å². The predicted octanol–water partition coefficient (Wildman–Crippen LogP) is 1.99. The first-order valence-electron chi connectivity index (χ1n) is 6.29. The summed E-state index contributed by atoms with van der Waals surface area (Å²) in [7, 11) is 0. The molecule has 0 saturated heterocycles. The molecular formula is C14H12N4O3. The van der Waals surface area contributed by atoms with Crippen molar-refractivity contribution in [3.8, 4) is 22.9 Å². The highest BCUT2D eigenvalue weighted by Crippen LogP contribution is 2.26. The Labute approximate surface area is 119 Å². The Kier molecular flexibility index (Phi) is 3.23. The van der Waals surface area contributed by atoms with Crippen molar-refractivity contribution in [2.75, 3.05) is 0 Å². The molecule has 0 unspecified atom stereocenters. The summed E-state index contributed by atoms with van der Waals surface area (Å²) in [5.41, 5.74) is 2.09. The van der Waals surface area contributed by atoms with Crippen LogP contribution in [0, 0.1) is 6.92 Å². The smallest absolute Gasteiger partial charge is 0.327 e. The summed E-state index contributed by atoms with van der Waals surface area (Å²) >= 11 is 0. The quantitative estimate of drug-likeness (QED) is 0.787. The van der Waals surface area contributed by atoms with E-state index in [1.165, 1.54) is 0 Å². The molecule has 0 atom stereocenters. The Morgan fingerprint density at radius 2 is 2.10 bits per heavy atom. The van der Waals surface area contributed by atoms with E-state index in [4.69, 9.17) is 9.52 Å². The second kappa shape index (κ2) is 5.20. The van der Waals surface area contributed by atoms with Crippen molar-refractivity contribution in [3.63, 3.8) is 0 Å². The Bertz CT molecular complexity index is 791. The second-order valence-corrected chi connectivity index (χ2v) is 4.57. The van der Waals surface area contributed by atoms with Crippen LogP contribution in [0.1, 0.15) is 5.56 Å². The Hall–Kier alpha value is -2.96. The molecule has 1 N–H and O–H groups in total. The van der Waals surface area contributed by atoms with Crippen molar-refractivity contribution in [3.05, 3.63) is 42.0 Å². The number of hydrogen-bond acceptors (Lipinski definition) is 5. The molecule has 0 amide bonds. The number of benzene rings is 1. The molecule has 0 aliphatic rings. The van der Waals surface area contributed by atoms with Gasteiger partial charge in [-0.25, -0.2) is 0 Å². The Balaban J connectivity index is 1.88. The van der Waals surface area contributed by atoms with E-state index in [2.05, 4.69) is 15.4 Å². The maximum Gasteiger partial charge on any atom is 0.327 e. The minimum atomic E-state index is -1.03. The van der Waals surface area contributed by atoms with Crippen LogP contribution in [0.4, 0.5) is 0 Å². The number of aryl methyl sites for hydroxylation is 1. The summed E-state index contributed by atoms with van der Waals surface area (Å²) in [6, 6.07) is 11.5. The molecule has 0 aliphatic heterocycles. The van der Waals surface area contributed by atoms with Gasteiger partial charge in [-0.1, -0.05) is 23.8 Å². The number of carbonyl (C=O) groups is 1. The van der Waals surface area contributed by atoms with Crippen molar-refractivity contribution in [1.82, 2.24) is 20.2 Å². The number of hydrogen-bond donors (Lipinski definition) is 1. The first-order valence-corrected chi connectivity index (χ1v) is 6.29. The zero-order chi connectivity index (χ0) is 14.8. The molecule has 2 heterocycles. The summed E-state index contributed by atoms with van der Waals surface area (Å²) < 4.78 is 5.70. The molecule has 0 fully saturated rings. The molecule has 3 rings (SSSR count). The molecular weight excluding hydrogens is 272 g/mol. The van der Waals surface area contributed by atoms with E-state index >= 15 is 0 Å². The number of carboxylic acids is 1. The molecule has 3 aromatic rings. The summed E-state index contributed by atoms with van der Waals surface area (Å²) in [5.74, 6) is 0.375. The van der Waals surface area contributed by atoms with E-state index in [0.717, 1.165) is 15.9 Å². The van der Waals surface area contributed by atoms with Crippen LogP contribution >= 0.6 is 0 Å². The van der Waals surface area contributed by atoms with Crippen LogP contribution < -0.4 is 0 Å². The van der Waals surface area contributed by atoms with Crippen LogP contribution in [-0.2, 0) is 11.3 Å². The lowest BCUT2D eigenvalue weighted by atomic mass is 10.1. The van der Waals surface area contributed by atoms with Crippen LogP contribution in [0.3, 0.4) is 0 Å². The zero-order valence-corrected chi connectivity index (χ0v) is 11.2. The van der Waals surface area contributed by atoms with E-state index < -0.39 is 5.97 Å². The molecule has 7 heteroatoms. The highest BCUT2D eigenvalue weighted by Gasteiger charge is 2.13. The van der Waals surface area contributed by atoms with Gasteiger partial charge in [0.15, 0.2) is 12.3 Å². The van der Waals surface area contributed by atoms with E-state index in [1.807, 2.05) is 37.3 Å². The van der Waals surface area contributed by atoms with Gasteiger partial charge in [-0.2, -0.15) is 4.80 Å². The monoisotopic (exact) mass is 284 g/mol. The highest BCUT2D eigenvalue weighted by atomic mass is 16.4. The van der Waals surface area contributed by atoms with Crippen LogP contribution in [0.15, 0.2) is 40.8 Å². The standard InChI is InChI=1S/C14H12N4O3/c1-9-3-2-4-10(7-9)11-5-6-12(21-11)14-15-17-18(16-14)8-13(19)20/h2-7H,8H2,1H3,(H,19,20). The molecule has 21 heavy (non-hydrogen) atoms. The van der Waals surface area contributed by atoms with Gasteiger partial charge in [0.05, 0.1) is 0 Å². The highest BCUT2D eigenvalue weighted by molar-refractivity contribution is 5.66. The van der Waals surface area contributed by atoms with E-state index in [0.29, 0.717) is 11.5 Å². The minimum absolute atomic E-state index is 0.259. The predicted molar refractivity (Wildman–Crippen MR) is 73.3 cm³/mol. The topological polar surface area (TPSA) is 94.0 Å². The first-order chi connectivity index (χ1) is 10.1. The van der Waals surface area contributed by atoms with E-state index in [-0.39, 0.29) is 12.4 Å². The van der Waals surface area contributed by atoms with Crippen LogP contribution in [0.5, 0.6) is 0 Å². The lowest BCUT2D eigenvalue weighted by Gasteiger charge is -1.97. The average molecular weight is 284 g/mol. The summed E-state index contributed by atoms with van der Waals surface area (Å²) in [5, 5.41) is 20.1. The molecule has 0 bridgehead atoms. The van der Waals surface area contributed by atoms with Crippen molar-refractivity contribution < 1.29 is 14.3 Å². The summed E-state index contributed by atoms with van der Waals surface area (Å²) in [6.07, 6.45) is 0. The zero-order valence-electron chi connectivity index (χ0n) is 11.2. The third-order valence-corrected chi connectivity index (χ3v) is 2.86. The van der Waals surface area contributed by atoms with Crippen molar-refractivity contribution in [2.45, 2.75) is 13.5 Å². The number of rotatable bonds is 4. The number of furan rings is 1. The van der Waals surface area contributed by atoms with E-state index in [9.17, 15) is 4.79 Å². The third-order valence-electron chi connectivity index (χ3n) is 2.86. The minimum Gasteiger partial charge on any atom is -0.480 e. The molecule has 0 spiro atoms. The van der Waals surface area contributed by atoms with Crippen LogP contribution in [0.2, 0.25) is 0 Å². The maximum absolute atomic E-state index is 10.6.